The van der Waals surface area contributed by atoms with Gasteiger partial charge in [0.2, 0.25) is 11.8 Å². The number of aromatic nitrogens is 4. The Balaban J connectivity index is 1.36. The first-order chi connectivity index (χ1) is 13.2. The molecule has 1 atom stereocenters. The molecule has 2 aromatic heterocycles. The Bertz CT molecular complexity index is 937. The molecule has 1 fully saturated rings. The van der Waals surface area contributed by atoms with E-state index < -0.39 is 6.04 Å². The maximum Gasteiger partial charge on any atom is 0.246 e. The number of amides is 2. The molecule has 3 aromatic rings. The summed E-state index contributed by atoms with van der Waals surface area (Å²) in [7, 11) is 0. The molecule has 27 heavy (non-hydrogen) atoms. The average Bonchev–Trinajstić information content (AvgIpc) is 3.36. The fourth-order valence-electron chi connectivity index (χ4n) is 2.74. The van der Waals surface area contributed by atoms with Crippen molar-refractivity contribution in [2.45, 2.75) is 18.9 Å². The van der Waals surface area contributed by atoms with Crippen molar-refractivity contribution in [3.8, 4) is 5.82 Å². The number of benzene rings is 1. The molecule has 1 aliphatic heterocycles. The van der Waals surface area contributed by atoms with Crippen molar-refractivity contribution in [2.75, 3.05) is 10.6 Å². The number of nitrogens with one attached hydrogen (secondary N) is 3. The van der Waals surface area contributed by atoms with Crippen molar-refractivity contribution in [1.29, 1.82) is 0 Å². The second-order valence-electron chi connectivity index (χ2n) is 6.08. The Hall–Kier alpha value is -3.75. The second-order valence-corrected chi connectivity index (χ2v) is 6.08. The minimum absolute atomic E-state index is 0.0885. The van der Waals surface area contributed by atoms with Crippen LogP contribution in [0.3, 0.4) is 0 Å². The molecule has 1 aliphatic rings. The van der Waals surface area contributed by atoms with Crippen molar-refractivity contribution in [1.82, 2.24) is 25.3 Å². The number of anilines is 3. The van der Waals surface area contributed by atoms with Gasteiger partial charge in [-0.1, -0.05) is 0 Å². The number of carbonyl (C=O) groups is 2. The molecule has 0 bridgehead atoms. The van der Waals surface area contributed by atoms with Crippen LogP contribution in [0.1, 0.15) is 12.8 Å². The lowest BCUT2D eigenvalue weighted by Gasteiger charge is -2.11. The lowest BCUT2D eigenvalue weighted by atomic mass is 10.2. The van der Waals surface area contributed by atoms with Crippen molar-refractivity contribution in [2.24, 2.45) is 0 Å². The van der Waals surface area contributed by atoms with Crippen LogP contribution in [0.15, 0.2) is 54.9 Å². The van der Waals surface area contributed by atoms with Crippen LogP contribution >= 0.6 is 0 Å². The van der Waals surface area contributed by atoms with Gasteiger partial charge in [0, 0.05) is 30.2 Å². The van der Waals surface area contributed by atoms with Crippen molar-refractivity contribution >= 4 is 29.0 Å². The smallest absolute Gasteiger partial charge is 0.246 e. The van der Waals surface area contributed by atoms with Gasteiger partial charge in [-0.2, -0.15) is 5.10 Å². The van der Waals surface area contributed by atoms with E-state index in [9.17, 15) is 9.59 Å². The van der Waals surface area contributed by atoms with Gasteiger partial charge in [0.25, 0.3) is 0 Å². The maximum atomic E-state index is 12.1. The quantitative estimate of drug-likeness (QED) is 0.635. The second kappa shape index (κ2) is 7.24. The van der Waals surface area contributed by atoms with E-state index >= 15 is 0 Å². The Morgan fingerprint density at radius 2 is 1.93 bits per heavy atom. The molecule has 1 saturated heterocycles. The van der Waals surface area contributed by atoms with Crippen LogP contribution < -0.4 is 16.0 Å². The molecular formula is C18H17N7O2. The van der Waals surface area contributed by atoms with Crippen LogP contribution in [0.5, 0.6) is 0 Å². The molecule has 2 amide bonds. The fourth-order valence-corrected chi connectivity index (χ4v) is 2.74. The van der Waals surface area contributed by atoms with E-state index in [2.05, 4.69) is 31.2 Å². The molecule has 0 saturated carbocycles. The van der Waals surface area contributed by atoms with Crippen molar-refractivity contribution < 1.29 is 9.59 Å². The number of carbonyl (C=O) groups excluding carboxylic acids is 2. The van der Waals surface area contributed by atoms with Gasteiger partial charge < -0.3 is 16.0 Å². The molecule has 136 valence electrons. The SMILES string of the molecule is O=C1CC[C@@H](C(=O)Nc2ccc(Nc3ccc(-n4cccn4)nn3)cc2)N1. The zero-order chi connectivity index (χ0) is 18.6. The average molecular weight is 363 g/mol. The fraction of sp³-hybridized carbons (Fsp3) is 0.167. The summed E-state index contributed by atoms with van der Waals surface area (Å²) in [4.78, 5) is 23.3. The lowest BCUT2D eigenvalue weighted by molar-refractivity contribution is -0.122. The minimum atomic E-state index is -0.459. The topological polar surface area (TPSA) is 114 Å². The van der Waals surface area contributed by atoms with Crippen LogP contribution in [-0.2, 0) is 9.59 Å². The zero-order valence-electron chi connectivity index (χ0n) is 14.3. The normalized spacial score (nSPS) is 16.0. The van der Waals surface area contributed by atoms with E-state index in [0.717, 1.165) is 5.69 Å². The minimum Gasteiger partial charge on any atom is -0.344 e. The summed E-state index contributed by atoms with van der Waals surface area (Å²) in [5, 5.41) is 20.9. The van der Waals surface area contributed by atoms with Gasteiger partial charge in [0.15, 0.2) is 11.6 Å². The van der Waals surface area contributed by atoms with Crippen molar-refractivity contribution in [3.05, 3.63) is 54.9 Å². The molecule has 4 rings (SSSR count). The van der Waals surface area contributed by atoms with Gasteiger partial charge in [0.1, 0.15) is 6.04 Å². The summed E-state index contributed by atoms with van der Waals surface area (Å²) in [5.74, 6) is 0.926. The summed E-state index contributed by atoms with van der Waals surface area (Å²) < 4.78 is 1.63. The van der Waals surface area contributed by atoms with E-state index in [4.69, 9.17) is 0 Å². The highest BCUT2D eigenvalue weighted by atomic mass is 16.2. The Morgan fingerprint density at radius 1 is 1.11 bits per heavy atom. The van der Waals surface area contributed by atoms with E-state index in [-0.39, 0.29) is 11.8 Å². The molecule has 0 unspecified atom stereocenters. The highest BCUT2D eigenvalue weighted by Crippen LogP contribution is 2.18. The van der Waals surface area contributed by atoms with Crippen LogP contribution in [0.4, 0.5) is 17.2 Å². The number of hydrogen-bond acceptors (Lipinski definition) is 6. The summed E-state index contributed by atoms with van der Waals surface area (Å²) in [6.45, 7) is 0. The number of rotatable bonds is 5. The standard InChI is InChI=1S/C18H17N7O2/c26-17-9-6-14(22-17)18(27)21-13-4-2-12(3-5-13)20-15-7-8-16(24-23-15)25-11-1-10-19-25/h1-5,7-8,10-11,14H,6,9H2,(H,20,23)(H,21,27)(H,22,26)/t14-/m0/s1. The van der Waals surface area contributed by atoms with Crippen LogP contribution in [0.25, 0.3) is 5.82 Å². The van der Waals surface area contributed by atoms with Crippen LogP contribution in [0.2, 0.25) is 0 Å². The molecule has 3 N–H and O–H groups in total. The predicted octanol–water partition coefficient (Wildman–Crippen LogP) is 1.62. The highest BCUT2D eigenvalue weighted by molar-refractivity contribution is 5.99. The van der Waals surface area contributed by atoms with E-state index in [1.807, 2.05) is 30.3 Å². The molecule has 9 heteroatoms. The number of hydrogen-bond donors (Lipinski definition) is 3. The molecule has 0 radical (unpaired) electrons. The van der Waals surface area contributed by atoms with E-state index in [1.165, 1.54) is 0 Å². The molecule has 3 heterocycles. The summed E-state index contributed by atoms with van der Waals surface area (Å²) in [6, 6.07) is 12.2. The van der Waals surface area contributed by atoms with Gasteiger partial charge in [-0.15, -0.1) is 10.2 Å². The largest absolute Gasteiger partial charge is 0.344 e. The summed E-state index contributed by atoms with van der Waals surface area (Å²) in [5.41, 5.74) is 1.47. The van der Waals surface area contributed by atoms with Gasteiger partial charge in [-0.05, 0) is 48.9 Å². The Labute approximate surface area is 154 Å². The van der Waals surface area contributed by atoms with Crippen molar-refractivity contribution in [3.63, 3.8) is 0 Å². The third-order valence-electron chi connectivity index (χ3n) is 4.13. The molecule has 0 aliphatic carbocycles. The molecule has 0 spiro atoms. The molecular weight excluding hydrogens is 346 g/mol. The van der Waals surface area contributed by atoms with Crippen LogP contribution in [-0.4, -0.2) is 37.8 Å². The van der Waals surface area contributed by atoms with Gasteiger partial charge in [-0.25, -0.2) is 4.68 Å². The molecule has 9 nitrogen and oxygen atoms in total. The monoisotopic (exact) mass is 363 g/mol. The lowest BCUT2D eigenvalue weighted by Crippen LogP contribution is -2.37. The van der Waals surface area contributed by atoms with Gasteiger partial charge >= 0.3 is 0 Å². The Morgan fingerprint density at radius 3 is 2.56 bits per heavy atom. The first-order valence-corrected chi connectivity index (χ1v) is 8.48. The van der Waals surface area contributed by atoms with Gasteiger partial charge in [-0.3, -0.25) is 9.59 Å². The summed E-state index contributed by atoms with van der Waals surface area (Å²) >= 11 is 0. The summed E-state index contributed by atoms with van der Waals surface area (Å²) in [6.07, 6.45) is 4.38. The van der Waals surface area contributed by atoms with E-state index in [0.29, 0.717) is 30.2 Å². The molecule has 1 aromatic carbocycles. The van der Waals surface area contributed by atoms with E-state index in [1.54, 1.807) is 29.2 Å². The first-order valence-electron chi connectivity index (χ1n) is 8.48. The maximum absolute atomic E-state index is 12.1. The van der Waals surface area contributed by atoms with Gasteiger partial charge in [0.05, 0.1) is 0 Å². The van der Waals surface area contributed by atoms with Crippen LogP contribution in [0, 0.1) is 0 Å². The predicted molar refractivity (Wildman–Crippen MR) is 98.7 cm³/mol. The first kappa shape index (κ1) is 16.7. The zero-order valence-corrected chi connectivity index (χ0v) is 14.3. The third kappa shape index (κ3) is 3.92. The number of nitrogens with zero attached hydrogens (tertiary/aromatic N) is 4. The third-order valence-corrected chi connectivity index (χ3v) is 4.13. The highest BCUT2D eigenvalue weighted by Gasteiger charge is 2.27. The Kier molecular flexibility index (Phi) is 4.48.